The molecule has 1 aromatic heterocycles. The lowest BCUT2D eigenvalue weighted by atomic mass is 9.91. The highest BCUT2D eigenvalue weighted by Crippen LogP contribution is 2.36. The molecule has 6 nitrogen and oxygen atoms in total. The molecule has 34 heavy (non-hydrogen) atoms. The Labute approximate surface area is 202 Å². The predicted molar refractivity (Wildman–Crippen MR) is 133 cm³/mol. The van der Waals surface area contributed by atoms with Gasteiger partial charge in [-0.2, -0.15) is 0 Å². The molecule has 168 valence electrons. The van der Waals surface area contributed by atoms with Crippen LogP contribution in [0.25, 0.3) is 11.3 Å². The minimum atomic E-state index is -0.904. The highest BCUT2D eigenvalue weighted by atomic mass is 35.5. The van der Waals surface area contributed by atoms with Crippen LogP contribution in [0.1, 0.15) is 34.1 Å². The van der Waals surface area contributed by atoms with E-state index in [0.717, 1.165) is 28.9 Å². The van der Waals surface area contributed by atoms with E-state index >= 15 is 0 Å². The molecule has 0 fully saturated rings. The first kappa shape index (κ1) is 21.9. The molecule has 0 bridgehead atoms. The van der Waals surface area contributed by atoms with Gasteiger partial charge in [0.1, 0.15) is 5.69 Å². The lowest BCUT2D eigenvalue weighted by Crippen LogP contribution is -2.21. The Morgan fingerprint density at radius 3 is 2.44 bits per heavy atom. The molecule has 0 saturated carbocycles. The van der Waals surface area contributed by atoms with E-state index in [1.807, 2.05) is 48.5 Å². The van der Waals surface area contributed by atoms with Gasteiger partial charge in [-0.3, -0.25) is 4.79 Å². The smallest absolute Gasteiger partial charge is 0.229 e. The summed E-state index contributed by atoms with van der Waals surface area (Å²) >= 11 is 5.95. The number of nitrogens with zero attached hydrogens (tertiary/aromatic N) is 3. The van der Waals surface area contributed by atoms with Gasteiger partial charge in [0.15, 0.2) is 11.9 Å². The Hall–Kier alpha value is -3.90. The number of anilines is 1. The standard InChI is InChI=1S/C27H21ClN4O2/c28-20-13-10-17(11-14-20)16-23(33)30-27-26(24(32-34)19-7-2-1-3-8-19)31-25-21-9-5-4-6-18(21)12-15-22(25)29-27/h1-11,13-14,24H,12,15-16H2,(H,29,30,33). The zero-order chi connectivity index (χ0) is 23.5. The topological polar surface area (TPSA) is 84.3 Å². The number of hydrogen-bond acceptors (Lipinski definition) is 5. The molecule has 1 atom stereocenters. The van der Waals surface area contributed by atoms with Crippen LogP contribution in [0.2, 0.25) is 5.02 Å². The molecule has 0 saturated heterocycles. The third-order valence-corrected chi connectivity index (χ3v) is 6.17. The van der Waals surface area contributed by atoms with Gasteiger partial charge in [-0.15, -0.1) is 4.91 Å². The minimum Gasteiger partial charge on any atom is -0.309 e. The van der Waals surface area contributed by atoms with Crippen LogP contribution < -0.4 is 5.32 Å². The predicted octanol–water partition coefficient (Wildman–Crippen LogP) is 5.93. The Morgan fingerprint density at radius 1 is 0.941 bits per heavy atom. The summed E-state index contributed by atoms with van der Waals surface area (Å²) in [4.78, 5) is 34.6. The number of halogens is 1. The van der Waals surface area contributed by atoms with E-state index in [2.05, 4.69) is 16.6 Å². The second-order valence-electron chi connectivity index (χ2n) is 8.18. The molecule has 1 aliphatic rings. The lowest BCUT2D eigenvalue weighted by Gasteiger charge is -2.22. The van der Waals surface area contributed by atoms with Crippen molar-refractivity contribution in [2.24, 2.45) is 5.18 Å². The quantitative estimate of drug-likeness (QED) is 0.355. The fourth-order valence-electron chi connectivity index (χ4n) is 4.25. The summed E-state index contributed by atoms with van der Waals surface area (Å²) < 4.78 is 0. The molecular weight excluding hydrogens is 448 g/mol. The van der Waals surface area contributed by atoms with Crippen LogP contribution in [0.15, 0.2) is 84.0 Å². The van der Waals surface area contributed by atoms with Gasteiger partial charge in [0, 0.05) is 10.6 Å². The number of hydrogen-bond donors (Lipinski definition) is 1. The van der Waals surface area contributed by atoms with Crippen LogP contribution in [-0.4, -0.2) is 15.9 Å². The lowest BCUT2D eigenvalue weighted by molar-refractivity contribution is -0.115. The number of aromatic nitrogens is 2. The molecule has 4 aromatic rings. The number of benzene rings is 3. The molecule has 1 aliphatic carbocycles. The normalized spacial score (nSPS) is 12.9. The van der Waals surface area contributed by atoms with Crippen molar-refractivity contribution in [3.63, 3.8) is 0 Å². The fraction of sp³-hybridized carbons (Fsp3) is 0.148. The molecule has 1 unspecified atom stereocenters. The largest absolute Gasteiger partial charge is 0.309 e. The summed E-state index contributed by atoms with van der Waals surface area (Å²) in [5.74, 6) is 0.0114. The number of carbonyl (C=O) groups excluding carboxylic acids is 1. The van der Waals surface area contributed by atoms with Crippen LogP contribution in [-0.2, 0) is 24.1 Å². The average molecular weight is 469 g/mol. The number of aryl methyl sites for hydroxylation is 2. The highest BCUT2D eigenvalue weighted by Gasteiger charge is 2.27. The first-order chi connectivity index (χ1) is 16.6. The summed E-state index contributed by atoms with van der Waals surface area (Å²) in [5, 5.41) is 6.87. The van der Waals surface area contributed by atoms with E-state index in [0.29, 0.717) is 22.7 Å². The molecule has 0 radical (unpaired) electrons. The van der Waals surface area contributed by atoms with Gasteiger partial charge in [-0.25, -0.2) is 9.97 Å². The van der Waals surface area contributed by atoms with Gasteiger partial charge in [-0.05, 0) is 41.7 Å². The number of nitrogens with one attached hydrogen (secondary N) is 1. The van der Waals surface area contributed by atoms with Gasteiger partial charge >= 0.3 is 0 Å². The van der Waals surface area contributed by atoms with Gasteiger partial charge in [0.2, 0.25) is 5.91 Å². The Balaban J connectivity index is 1.56. The molecular formula is C27H21ClN4O2. The van der Waals surface area contributed by atoms with E-state index in [9.17, 15) is 9.70 Å². The number of nitroso groups, excluding NO2 is 1. The number of fused-ring (bicyclic) bond motifs is 3. The molecule has 5 rings (SSSR count). The second-order valence-corrected chi connectivity index (χ2v) is 8.62. The molecule has 1 heterocycles. The van der Waals surface area contributed by atoms with E-state index in [1.54, 1.807) is 24.3 Å². The third-order valence-electron chi connectivity index (χ3n) is 5.91. The van der Waals surface area contributed by atoms with E-state index in [-0.39, 0.29) is 18.1 Å². The summed E-state index contributed by atoms with van der Waals surface area (Å²) in [7, 11) is 0. The molecule has 7 heteroatoms. The van der Waals surface area contributed by atoms with E-state index in [1.165, 1.54) is 5.56 Å². The second kappa shape index (κ2) is 9.53. The molecule has 1 amide bonds. The van der Waals surface area contributed by atoms with Crippen molar-refractivity contribution in [2.75, 3.05) is 5.32 Å². The molecule has 1 N–H and O–H groups in total. The van der Waals surface area contributed by atoms with Gasteiger partial charge in [0.25, 0.3) is 0 Å². The maximum atomic E-state index is 12.9. The average Bonchev–Trinajstić information content (AvgIpc) is 2.87. The van der Waals surface area contributed by atoms with Gasteiger partial charge in [0.05, 0.1) is 17.8 Å². The van der Waals surface area contributed by atoms with Crippen LogP contribution in [0, 0.1) is 4.91 Å². The maximum Gasteiger partial charge on any atom is 0.229 e. The van der Waals surface area contributed by atoms with Gasteiger partial charge in [-0.1, -0.05) is 83.5 Å². The molecule has 0 aliphatic heterocycles. The van der Waals surface area contributed by atoms with Crippen molar-refractivity contribution in [1.29, 1.82) is 0 Å². The number of rotatable bonds is 6. The van der Waals surface area contributed by atoms with Crippen molar-refractivity contribution < 1.29 is 4.79 Å². The van der Waals surface area contributed by atoms with Crippen LogP contribution in [0.5, 0.6) is 0 Å². The van der Waals surface area contributed by atoms with E-state index < -0.39 is 6.04 Å². The van der Waals surface area contributed by atoms with Crippen molar-refractivity contribution >= 4 is 23.3 Å². The zero-order valence-electron chi connectivity index (χ0n) is 18.2. The maximum absolute atomic E-state index is 12.9. The minimum absolute atomic E-state index is 0.142. The van der Waals surface area contributed by atoms with Crippen molar-refractivity contribution in [1.82, 2.24) is 9.97 Å². The summed E-state index contributed by atoms with van der Waals surface area (Å²) in [6.07, 6.45) is 1.68. The fourth-order valence-corrected chi connectivity index (χ4v) is 4.37. The Kier molecular flexibility index (Phi) is 6.14. The molecule has 0 spiro atoms. The first-order valence-electron chi connectivity index (χ1n) is 11.0. The first-order valence-corrected chi connectivity index (χ1v) is 11.4. The van der Waals surface area contributed by atoms with Crippen LogP contribution in [0.4, 0.5) is 5.82 Å². The summed E-state index contributed by atoms with van der Waals surface area (Å²) in [5.41, 5.74) is 5.54. The van der Waals surface area contributed by atoms with Gasteiger partial charge < -0.3 is 5.32 Å². The van der Waals surface area contributed by atoms with Crippen LogP contribution >= 0.6 is 11.6 Å². The van der Waals surface area contributed by atoms with E-state index in [4.69, 9.17) is 21.6 Å². The zero-order valence-corrected chi connectivity index (χ0v) is 19.0. The van der Waals surface area contributed by atoms with Crippen LogP contribution in [0.3, 0.4) is 0 Å². The molecule has 3 aromatic carbocycles. The summed E-state index contributed by atoms with van der Waals surface area (Å²) in [6.45, 7) is 0. The number of amides is 1. The van der Waals surface area contributed by atoms with Crippen molar-refractivity contribution in [3.05, 3.63) is 117 Å². The van der Waals surface area contributed by atoms with Crippen molar-refractivity contribution in [2.45, 2.75) is 25.3 Å². The van der Waals surface area contributed by atoms with Crippen molar-refractivity contribution in [3.8, 4) is 11.3 Å². The third kappa shape index (κ3) is 4.45. The SMILES string of the molecule is O=NC(c1ccccc1)c1nc2c(nc1NC(=O)Cc1ccc(Cl)cc1)CCc1ccccc1-2. The highest BCUT2D eigenvalue weighted by molar-refractivity contribution is 6.30. The number of carbonyl (C=O) groups is 1. The monoisotopic (exact) mass is 468 g/mol. The Morgan fingerprint density at radius 2 is 1.68 bits per heavy atom. The summed E-state index contributed by atoms with van der Waals surface area (Å²) in [6, 6.07) is 23.4. The Bertz CT molecular complexity index is 1360.